The van der Waals surface area contributed by atoms with Crippen molar-refractivity contribution in [1.29, 1.82) is 0 Å². The normalized spacial score (nSPS) is 10.8. The number of rotatable bonds is 8. The van der Waals surface area contributed by atoms with Crippen LogP contribution >= 0.6 is 0 Å². The van der Waals surface area contributed by atoms with Crippen molar-refractivity contribution in [3.63, 3.8) is 0 Å². The van der Waals surface area contributed by atoms with Crippen LogP contribution in [0.1, 0.15) is 37.2 Å². The van der Waals surface area contributed by atoms with Crippen molar-refractivity contribution >= 4 is 34.2 Å². The third kappa shape index (κ3) is 4.25. The fourth-order valence-electron chi connectivity index (χ4n) is 3.32. The van der Waals surface area contributed by atoms with Crippen LogP contribution in [0.25, 0.3) is 11.0 Å². The Morgan fingerprint density at radius 1 is 0.967 bits per heavy atom. The summed E-state index contributed by atoms with van der Waals surface area (Å²) in [5.41, 5.74) is 1.41. The lowest BCUT2D eigenvalue weighted by molar-refractivity contribution is -0.120. The van der Waals surface area contributed by atoms with Crippen LogP contribution in [-0.4, -0.2) is 26.0 Å². The van der Waals surface area contributed by atoms with E-state index < -0.39 is 5.91 Å². The molecule has 30 heavy (non-hydrogen) atoms. The Hall–Kier alpha value is -3.48. The van der Waals surface area contributed by atoms with Gasteiger partial charge in [0, 0.05) is 23.1 Å². The van der Waals surface area contributed by atoms with Gasteiger partial charge in [0.2, 0.25) is 11.7 Å². The fourth-order valence-corrected chi connectivity index (χ4v) is 3.32. The number of hydrogen-bond donors (Lipinski definition) is 2. The molecule has 0 atom stereocenters. The van der Waals surface area contributed by atoms with E-state index in [1.807, 2.05) is 32.0 Å². The lowest BCUT2D eigenvalue weighted by Gasteiger charge is -2.13. The van der Waals surface area contributed by atoms with Crippen LogP contribution in [0.2, 0.25) is 0 Å². The summed E-state index contributed by atoms with van der Waals surface area (Å²) in [4.78, 5) is 25.7. The predicted octanol–water partition coefficient (Wildman–Crippen LogP) is 5.08. The zero-order valence-electron chi connectivity index (χ0n) is 17.6. The molecule has 7 nitrogen and oxygen atoms in total. The van der Waals surface area contributed by atoms with Crippen molar-refractivity contribution in [2.75, 3.05) is 24.9 Å². The molecule has 0 fully saturated rings. The van der Waals surface area contributed by atoms with Crippen LogP contribution in [0.4, 0.5) is 11.4 Å². The van der Waals surface area contributed by atoms with E-state index in [0.717, 1.165) is 0 Å². The maximum atomic E-state index is 13.0. The number of ether oxygens (including phenoxy) is 2. The van der Waals surface area contributed by atoms with E-state index in [-0.39, 0.29) is 17.6 Å². The van der Waals surface area contributed by atoms with Crippen molar-refractivity contribution < 1.29 is 23.5 Å². The number of carbonyl (C=O) groups excluding carboxylic acids is 2. The molecular formula is C23H26N2O5. The molecular weight excluding hydrogens is 384 g/mol. The molecule has 1 aromatic heterocycles. The second-order valence-corrected chi connectivity index (χ2v) is 6.83. The molecule has 0 spiro atoms. The van der Waals surface area contributed by atoms with Crippen LogP contribution < -0.4 is 20.1 Å². The summed E-state index contributed by atoms with van der Waals surface area (Å²) in [6.45, 7) is 3.93. The Bertz CT molecular complexity index is 1050. The van der Waals surface area contributed by atoms with Crippen molar-refractivity contribution in [3.05, 3.63) is 48.2 Å². The van der Waals surface area contributed by atoms with E-state index >= 15 is 0 Å². The molecule has 2 N–H and O–H groups in total. The number of methoxy groups -OCH3 is 2. The molecule has 7 heteroatoms. The fraction of sp³-hybridized carbons (Fsp3) is 0.304. The quantitative estimate of drug-likeness (QED) is 0.541. The predicted molar refractivity (Wildman–Crippen MR) is 116 cm³/mol. The lowest BCUT2D eigenvalue weighted by Crippen LogP contribution is -2.23. The summed E-state index contributed by atoms with van der Waals surface area (Å²) < 4.78 is 16.3. The SMILES string of the molecule is CCC(CC)C(=O)Nc1c(C(=O)Nc2ccc(OC)c(OC)c2)oc2ccccc12. The molecule has 0 bridgehead atoms. The lowest BCUT2D eigenvalue weighted by atomic mass is 10.0. The molecule has 0 aliphatic heterocycles. The molecule has 158 valence electrons. The zero-order valence-corrected chi connectivity index (χ0v) is 17.6. The molecule has 1 heterocycles. The average molecular weight is 410 g/mol. The van der Waals surface area contributed by atoms with Gasteiger partial charge in [0.25, 0.3) is 5.91 Å². The number of carbonyl (C=O) groups is 2. The number of nitrogens with one attached hydrogen (secondary N) is 2. The van der Waals surface area contributed by atoms with Crippen molar-refractivity contribution in [2.24, 2.45) is 5.92 Å². The van der Waals surface area contributed by atoms with Gasteiger partial charge in [-0.3, -0.25) is 9.59 Å². The highest BCUT2D eigenvalue weighted by atomic mass is 16.5. The van der Waals surface area contributed by atoms with Gasteiger partial charge in [-0.1, -0.05) is 26.0 Å². The first kappa shape index (κ1) is 21.2. The first-order chi connectivity index (χ1) is 14.5. The van der Waals surface area contributed by atoms with Crippen LogP contribution in [0.15, 0.2) is 46.9 Å². The summed E-state index contributed by atoms with van der Waals surface area (Å²) >= 11 is 0. The third-order valence-corrected chi connectivity index (χ3v) is 5.05. The van der Waals surface area contributed by atoms with E-state index in [0.29, 0.717) is 46.7 Å². The Kier molecular flexibility index (Phi) is 6.61. The molecule has 0 aliphatic carbocycles. The van der Waals surface area contributed by atoms with Gasteiger partial charge in [-0.05, 0) is 37.1 Å². The number of fused-ring (bicyclic) bond motifs is 1. The largest absolute Gasteiger partial charge is 0.493 e. The zero-order chi connectivity index (χ0) is 21.7. The van der Waals surface area contributed by atoms with Crippen LogP contribution in [0, 0.1) is 5.92 Å². The van der Waals surface area contributed by atoms with Gasteiger partial charge in [0.1, 0.15) is 11.3 Å². The number of hydrogen-bond acceptors (Lipinski definition) is 5. The third-order valence-electron chi connectivity index (χ3n) is 5.05. The van der Waals surface area contributed by atoms with Gasteiger partial charge in [0.15, 0.2) is 11.5 Å². The Balaban J connectivity index is 1.95. The molecule has 2 amide bonds. The van der Waals surface area contributed by atoms with Gasteiger partial charge in [-0.2, -0.15) is 0 Å². The van der Waals surface area contributed by atoms with Gasteiger partial charge in [0.05, 0.1) is 14.2 Å². The highest BCUT2D eigenvalue weighted by Crippen LogP contribution is 2.33. The van der Waals surface area contributed by atoms with Crippen LogP contribution in [-0.2, 0) is 4.79 Å². The smallest absolute Gasteiger partial charge is 0.293 e. The highest BCUT2D eigenvalue weighted by molar-refractivity contribution is 6.14. The van der Waals surface area contributed by atoms with E-state index in [1.54, 1.807) is 31.4 Å². The molecule has 0 saturated heterocycles. The van der Waals surface area contributed by atoms with Gasteiger partial charge in [-0.25, -0.2) is 0 Å². The maximum Gasteiger partial charge on any atom is 0.293 e. The first-order valence-electron chi connectivity index (χ1n) is 9.88. The van der Waals surface area contributed by atoms with Gasteiger partial charge in [-0.15, -0.1) is 0 Å². The standard InChI is InChI=1S/C23H26N2O5/c1-5-14(6-2)22(26)25-20-16-9-7-8-10-17(16)30-21(20)23(27)24-15-11-12-18(28-3)19(13-15)29-4/h7-14H,5-6H2,1-4H3,(H,24,27)(H,25,26). The molecule has 0 saturated carbocycles. The topological polar surface area (TPSA) is 89.8 Å². The number of furan rings is 1. The Morgan fingerprint density at radius 3 is 2.33 bits per heavy atom. The number of anilines is 2. The van der Waals surface area contributed by atoms with Crippen LogP contribution in [0.3, 0.4) is 0 Å². The summed E-state index contributed by atoms with van der Waals surface area (Å²) in [5, 5.41) is 6.38. The molecule has 3 rings (SSSR count). The van der Waals surface area contributed by atoms with Gasteiger partial charge >= 0.3 is 0 Å². The van der Waals surface area contributed by atoms with Crippen molar-refractivity contribution in [2.45, 2.75) is 26.7 Å². The molecule has 0 aliphatic rings. The Labute approximate surface area is 175 Å². The van der Waals surface area contributed by atoms with E-state index in [4.69, 9.17) is 13.9 Å². The second-order valence-electron chi connectivity index (χ2n) is 6.83. The van der Waals surface area contributed by atoms with E-state index in [9.17, 15) is 9.59 Å². The average Bonchev–Trinajstić information content (AvgIpc) is 3.13. The first-order valence-corrected chi connectivity index (χ1v) is 9.88. The molecule has 0 radical (unpaired) electrons. The monoisotopic (exact) mass is 410 g/mol. The number of para-hydroxylation sites is 1. The maximum absolute atomic E-state index is 13.0. The summed E-state index contributed by atoms with van der Waals surface area (Å²) in [5.74, 6) is 0.343. The summed E-state index contributed by atoms with van der Waals surface area (Å²) in [6, 6.07) is 12.3. The van der Waals surface area contributed by atoms with Crippen molar-refractivity contribution in [1.82, 2.24) is 0 Å². The minimum Gasteiger partial charge on any atom is -0.493 e. The minimum absolute atomic E-state index is 0.0466. The van der Waals surface area contributed by atoms with E-state index in [1.165, 1.54) is 7.11 Å². The summed E-state index contributed by atoms with van der Waals surface area (Å²) in [7, 11) is 3.06. The summed E-state index contributed by atoms with van der Waals surface area (Å²) in [6.07, 6.45) is 1.43. The van der Waals surface area contributed by atoms with Crippen molar-refractivity contribution in [3.8, 4) is 11.5 Å². The molecule has 3 aromatic rings. The second kappa shape index (κ2) is 9.35. The minimum atomic E-state index is -0.474. The highest BCUT2D eigenvalue weighted by Gasteiger charge is 2.24. The Morgan fingerprint density at radius 2 is 1.67 bits per heavy atom. The van der Waals surface area contributed by atoms with E-state index in [2.05, 4.69) is 10.6 Å². The van der Waals surface area contributed by atoms with Crippen LogP contribution in [0.5, 0.6) is 11.5 Å². The number of benzene rings is 2. The molecule has 0 unspecified atom stereocenters. The number of amides is 2. The van der Waals surface area contributed by atoms with Gasteiger partial charge < -0.3 is 24.5 Å². The molecule has 2 aromatic carbocycles.